The Morgan fingerprint density at radius 2 is 1.67 bits per heavy atom. The highest BCUT2D eigenvalue weighted by Gasteiger charge is 2.19. The molecule has 0 aliphatic rings. The van der Waals surface area contributed by atoms with Crippen LogP contribution in [-0.2, 0) is 0 Å². The molecule has 124 valence electrons. The number of thiophene rings is 1. The standard InChI is InChI=1S/C20H20O3S/c1-13-6-4-7-14(10-13)19-16(22-2)11-15(12-17(19)23-3)20(21)18-8-5-9-24-18/h4-12,20-21H,1-3H3. The van der Waals surface area contributed by atoms with E-state index in [0.717, 1.165) is 21.6 Å². The van der Waals surface area contributed by atoms with Crippen LogP contribution in [-0.4, -0.2) is 19.3 Å². The van der Waals surface area contributed by atoms with Gasteiger partial charge in [0.2, 0.25) is 0 Å². The molecule has 0 radical (unpaired) electrons. The number of ether oxygens (including phenoxy) is 2. The second-order valence-corrected chi connectivity index (χ2v) is 6.57. The number of hydrogen-bond donors (Lipinski definition) is 1. The molecular weight excluding hydrogens is 320 g/mol. The first-order valence-corrected chi connectivity index (χ1v) is 8.56. The smallest absolute Gasteiger partial charge is 0.130 e. The Bertz CT molecular complexity index is 800. The number of aliphatic hydroxyl groups excluding tert-OH is 1. The lowest BCUT2D eigenvalue weighted by molar-refractivity contribution is 0.223. The molecule has 3 aromatic rings. The number of benzene rings is 2. The molecule has 0 amide bonds. The fraction of sp³-hybridized carbons (Fsp3) is 0.200. The predicted molar refractivity (Wildman–Crippen MR) is 98.1 cm³/mol. The Hall–Kier alpha value is -2.30. The van der Waals surface area contributed by atoms with Crippen LogP contribution in [0.2, 0.25) is 0 Å². The van der Waals surface area contributed by atoms with Crippen molar-refractivity contribution >= 4 is 11.3 Å². The number of rotatable bonds is 5. The van der Waals surface area contributed by atoms with Crippen molar-refractivity contribution < 1.29 is 14.6 Å². The molecular formula is C20H20O3S. The topological polar surface area (TPSA) is 38.7 Å². The Labute approximate surface area is 146 Å². The fourth-order valence-corrected chi connectivity index (χ4v) is 3.52. The monoisotopic (exact) mass is 340 g/mol. The molecule has 24 heavy (non-hydrogen) atoms. The summed E-state index contributed by atoms with van der Waals surface area (Å²) in [6, 6.07) is 15.8. The number of aliphatic hydroxyl groups is 1. The molecule has 1 unspecified atom stereocenters. The highest BCUT2D eigenvalue weighted by atomic mass is 32.1. The second-order valence-electron chi connectivity index (χ2n) is 5.59. The lowest BCUT2D eigenvalue weighted by Crippen LogP contribution is -2.01. The van der Waals surface area contributed by atoms with Gasteiger partial charge in [-0.25, -0.2) is 0 Å². The van der Waals surface area contributed by atoms with E-state index in [-0.39, 0.29) is 0 Å². The average molecular weight is 340 g/mol. The van der Waals surface area contributed by atoms with Gasteiger partial charge in [0.25, 0.3) is 0 Å². The molecule has 1 atom stereocenters. The van der Waals surface area contributed by atoms with Crippen LogP contribution in [0.15, 0.2) is 53.9 Å². The Morgan fingerprint density at radius 1 is 0.958 bits per heavy atom. The third-order valence-corrected chi connectivity index (χ3v) is 4.89. The molecule has 0 saturated carbocycles. The van der Waals surface area contributed by atoms with Gasteiger partial charge in [-0.2, -0.15) is 0 Å². The van der Waals surface area contributed by atoms with Crippen LogP contribution < -0.4 is 9.47 Å². The first-order chi connectivity index (χ1) is 11.6. The van der Waals surface area contributed by atoms with Crippen LogP contribution in [0.25, 0.3) is 11.1 Å². The highest BCUT2D eigenvalue weighted by Crippen LogP contribution is 2.42. The molecule has 3 rings (SSSR count). The van der Waals surface area contributed by atoms with Gasteiger partial charge in [0.1, 0.15) is 17.6 Å². The third kappa shape index (κ3) is 3.16. The van der Waals surface area contributed by atoms with E-state index in [9.17, 15) is 5.11 Å². The maximum Gasteiger partial charge on any atom is 0.130 e. The van der Waals surface area contributed by atoms with Crippen LogP contribution in [0.4, 0.5) is 0 Å². The van der Waals surface area contributed by atoms with Gasteiger partial charge in [-0.05, 0) is 41.6 Å². The molecule has 0 aliphatic carbocycles. The summed E-state index contributed by atoms with van der Waals surface area (Å²) in [4.78, 5) is 0.891. The molecule has 0 spiro atoms. The zero-order valence-electron chi connectivity index (χ0n) is 13.9. The molecule has 0 fully saturated rings. The molecule has 1 heterocycles. The minimum Gasteiger partial charge on any atom is -0.496 e. The molecule has 2 aromatic carbocycles. The molecule has 4 heteroatoms. The van der Waals surface area contributed by atoms with Crippen molar-refractivity contribution in [3.8, 4) is 22.6 Å². The lowest BCUT2D eigenvalue weighted by Gasteiger charge is -2.18. The minimum absolute atomic E-state index is 0.686. The molecule has 0 saturated heterocycles. The van der Waals surface area contributed by atoms with E-state index in [1.165, 1.54) is 16.9 Å². The van der Waals surface area contributed by atoms with Crippen molar-refractivity contribution in [1.29, 1.82) is 0 Å². The quantitative estimate of drug-likeness (QED) is 0.723. The van der Waals surface area contributed by atoms with E-state index in [2.05, 4.69) is 19.1 Å². The van der Waals surface area contributed by atoms with Crippen LogP contribution >= 0.6 is 11.3 Å². The fourth-order valence-electron chi connectivity index (χ4n) is 2.79. The van der Waals surface area contributed by atoms with Gasteiger partial charge in [-0.3, -0.25) is 0 Å². The van der Waals surface area contributed by atoms with Crippen LogP contribution in [0.3, 0.4) is 0 Å². The summed E-state index contributed by atoms with van der Waals surface area (Å²) < 4.78 is 11.2. The van der Waals surface area contributed by atoms with Gasteiger partial charge in [0, 0.05) is 4.88 Å². The zero-order valence-corrected chi connectivity index (χ0v) is 14.8. The first-order valence-electron chi connectivity index (χ1n) is 7.68. The van der Waals surface area contributed by atoms with Crippen molar-refractivity contribution in [2.45, 2.75) is 13.0 Å². The minimum atomic E-state index is -0.695. The summed E-state index contributed by atoms with van der Waals surface area (Å²) in [5, 5.41) is 12.6. The third-order valence-electron chi connectivity index (χ3n) is 3.96. The maximum absolute atomic E-state index is 10.6. The van der Waals surface area contributed by atoms with Crippen molar-refractivity contribution in [2.24, 2.45) is 0 Å². The summed E-state index contributed by atoms with van der Waals surface area (Å²) in [5.74, 6) is 1.37. The maximum atomic E-state index is 10.6. The summed E-state index contributed by atoms with van der Waals surface area (Å²) in [6.07, 6.45) is -0.695. The van der Waals surface area contributed by atoms with E-state index in [1.807, 2.05) is 41.8 Å². The van der Waals surface area contributed by atoms with Crippen LogP contribution in [0, 0.1) is 6.92 Å². The summed E-state index contributed by atoms with van der Waals surface area (Å²) in [6.45, 7) is 2.05. The van der Waals surface area contributed by atoms with Crippen LogP contribution in [0.5, 0.6) is 11.5 Å². The Balaban J connectivity index is 2.14. The van der Waals surface area contributed by atoms with Gasteiger partial charge in [-0.1, -0.05) is 35.9 Å². The van der Waals surface area contributed by atoms with Gasteiger partial charge < -0.3 is 14.6 Å². The average Bonchev–Trinajstić information content (AvgIpc) is 3.14. The van der Waals surface area contributed by atoms with Gasteiger partial charge in [-0.15, -0.1) is 11.3 Å². The predicted octanol–water partition coefficient (Wildman–Crippen LogP) is 4.82. The summed E-state index contributed by atoms with van der Waals surface area (Å²) in [5.41, 5.74) is 3.84. The molecule has 3 nitrogen and oxygen atoms in total. The summed E-state index contributed by atoms with van der Waals surface area (Å²) in [7, 11) is 3.27. The van der Waals surface area contributed by atoms with E-state index < -0.39 is 6.10 Å². The first kappa shape index (κ1) is 16.6. The number of hydrogen-bond acceptors (Lipinski definition) is 4. The van der Waals surface area contributed by atoms with Crippen molar-refractivity contribution in [2.75, 3.05) is 14.2 Å². The SMILES string of the molecule is COc1cc(C(O)c2cccs2)cc(OC)c1-c1cccc(C)c1. The molecule has 1 aromatic heterocycles. The Morgan fingerprint density at radius 3 is 2.21 bits per heavy atom. The van der Waals surface area contributed by atoms with Crippen molar-refractivity contribution in [3.05, 3.63) is 69.9 Å². The Kier molecular flexibility index (Phi) is 4.88. The normalized spacial score (nSPS) is 12.0. The van der Waals surface area contributed by atoms with E-state index in [1.54, 1.807) is 14.2 Å². The summed E-state index contributed by atoms with van der Waals surface area (Å²) >= 11 is 1.52. The molecule has 0 bridgehead atoms. The van der Waals surface area contributed by atoms with Crippen molar-refractivity contribution in [3.63, 3.8) is 0 Å². The van der Waals surface area contributed by atoms with Gasteiger partial charge in [0.05, 0.1) is 19.8 Å². The molecule has 0 aliphatic heterocycles. The number of methoxy groups -OCH3 is 2. The lowest BCUT2D eigenvalue weighted by atomic mass is 9.97. The van der Waals surface area contributed by atoms with Gasteiger partial charge >= 0.3 is 0 Å². The van der Waals surface area contributed by atoms with E-state index >= 15 is 0 Å². The van der Waals surface area contributed by atoms with E-state index in [4.69, 9.17) is 9.47 Å². The van der Waals surface area contributed by atoms with E-state index in [0.29, 0.717) is 11.5 Å². The van der Waals surface area contributed by atoms with Crippen LogP contribution in [0.1, 0.15) is 22.1 Å². The molecule has 1 N–H and O–H groups in total. The highest BCUT2D eigenvalue weighted by molar-refractivity contribution is 7.10. The zero-order chi connectivity index (χ0) is 17.1. The largest absolute Gasteiger partial charge is 0.496 e. The number of aryl methyl sites for hydroxylation is 1. The second kappa shape index (κ2) is 7.07. The van der Waals surface area contributed by atoms with Gasteiger partial charge in [0.15, 0.2) is 0 Å². The van der Waals surface area contributed by atoms with Crippen molar-refractivity contribution in [1.82, 2.24) is 0 Å².